The lowest BCUT2D eigenvalue weighted by molar-refractivity contribution is -0.145. The molecule has 2 aliphatic rings. The molecule has 1 saturated carbocycles. The van der Waals surface area contributed by atoms with E-state index in [2.05, 4.69) is 5.32 Å². The van der Waals surface area contributed by atoms with Crippen LogP contribution in [0.4, 0.5) is 4.39 Å². The SMILES string of the molecule is O=C(O)C(CNC(=O)C1CC1c1ccc(F)cc1)C1CCOCC1. The number of hydrogen-bond donors (Lipinski definition) is 2. The van der Waals surface area contributed by atoms with E-state index in [1.807, 2.05) is 0 Å². The smallest absolute Gasteiger partial charge is 0.308 e. The van der Waals surface area contributed by atoms with E-state index in [0.29, 0.717) is 26.1 Å². The molecule has 5 nitrogen and oxygen atoms in total. The Morgan fingerprint density at radius 3 is 2.54 bits per heavy atom. The summed E-state index contributed by atoms with van der Waals surface area (Å²) in [5, 5.41) is 12.2. The summed E-state index contributed by atoms with van der Waals surface area (Å²) in [5.41, 5.74) is 0.954. The maximum atomic E-state index is 12.9. The largest absolute Gasteiger partial charge is 0.481 e. The number of halogens is 1. The molecule has 130 valence electrons. The third-order valence-electron chi connectivity index (χ3n) is 5.07. The highest BCUT2D eigenvalue weighted by Gasteiger charge is 2.44. The summed E-state index contributed by atoms with van der Waals surface area (Å²) in [4.78, 5) is 23.7. The molecule has 1 aliphatic heterocycles. The molecular formula is C18H22FNO4. The highest BCUT2D eigenvalue weighted by molar-refractivity contribution is 5.83. The number of carboxylic acid groups (broad SMARTS) is 1. The molecule has 1 aromatic carbocycles. The van der Waals surface area contributed by atoms with Crippen molar-refractivity contribution < 1.29 is 23.8 Å². The number of amides is 1. The highest BCUT2D eigenvalue weighted by atomic mass is 19.1. The van der Waals surface area contributed by atoms with Crippen molar-refractivity contribution in [3.8, 4) is 0 Å². The molecule has 1 saturated heterocycles. The predicted octanol–water partition coefficient (Wildman–Crippen LogP) is 2.17. The predicted molar refractivity (Wildman–Crippen MR) is 84.9 cm³/mol. The molecule has 1 aliphatic carbocycles. The van der Waals surface area contributed by atoms with Crippen LogP contribution in [0.1, 0.15) is 30.7 Å². The summed E-state index contributed by atoms with van der Waals surface area (Å²) in [5.74, 6) is -1.82. The van der Waals surface area contributed by atoms with Crippen molar-refractivity contribution in [1.82, 2.24) is 5.32 Å². The lowest BCUT2D eigenvalue weighted by Crippen LogP contribution is -2.39. The Hall–Kier alpha value is -1.95. The van der Waals surface area contributed by atoms with E-state index in [1.165, 1.54) is 12.1 Å². The van der Waals surface area contributed by atoms with Crippen LogP contribution < -0.4 is 5.32 Å². The summed E-state index contributed by atoms with van der Waals surface area (Å²) in [7, 11) is 0. The summed E-state index contributed by atoms with van der Waals surface area (Å²) in [6.45, 7) is 1.32. The minimum atomic E-state index is -0.868. The van der Waals surface area contributed by atoms with Crippen LogP contribution in [-0.2, 0) is 14.3 Å². The van der Waals surface area contributed by atoms with Gasteiger partial charge in [0.25, 0.3) is 0 Å². The van der Waals surface area contributed by atoms with Crippen molar-refractivity contribution in [3.63, 3.8) is 0 Å². The highest BCUT2D eigenvalue weighted by Crippen LogP contribution is 2.47. The van der Waals surface area contributed by atoms with E-state index in [-0.39, 0.29) is 36.0 Å². The van der Waals surface area contributed by atoms with Crippen LogP contribution in [0.15, 0.2) is 24.3 Å². The monoisotopic (exact) mass is 335 g/mol. The molecule has 3 unspecified atom stereocenters. The lowest BCUT2D eigenvalue weighted by Gasteiger charge is -2.27. The first-order valence-corrected chi connectivity index (χ1v) is 8.40. The van der Waals surface area contributed by atoms with E-state index >= 15 is 0 Å². The average Bonchev–Trinajstić information content (AvgIpc) is 3.37. The second-order valence-electron chi connectivity index (χ2n) is 6.64. The third-order valence-corrected chi connectivity index (χ3v) is 5.07. The molecule has 0 aromatic heterocycles. The van der Waals surface area contributed by atoms with Gasteiger partial charge in [0.05, 0.1) is 5.92 Å². The fraction of sp³-hybridized carbons (Fsp3) is 0.556. The Morgan fingerprint density at radius 2 is 1.92 bits per heavy atom. The topological polar surface area (TPSA) is 75.6 Å². The average molecular weight is 335 g/mol. The number of carboxylic acids is 1. The lowest BCUT2D eigenvalue weighted by atomic mass is 9.86. The number of rotatable bonds is 6. The quantitative estimate of drug-likeness (QED) is 0.835. The Kier molecular flexibility index (Phi) is 5.14. The molecule has 24 heavy (non-hydrogen) atoms. The second kappa shape index (κ2) is 7.30. The van der Waals surface area contributed by atoms with E-state index in [9.17, 15) is 19.1 Å². The molecule has 6 heteroatoms. The third kappa shape index (κ3) is 3.93. The molecule has 0 radical (unpaired) electrons. The normalized spacial score (nSPS) is 25.0. The molecule has 1 amide bonds. The van der Waals surface area contributed by atoms with Gasteiger partial charge in [0, 0.05) is 25.7 Å². The number of hydrogen-bond acceptors (Lipinski definition) is 3. The van der Waals surface area contributed by atoms with Crippen LogP contribution >= 0.6 is 0 Å². The molecular weight excluding hydrogens is 313 g/mol. The van der Waals surface area contributed by atoms with Gasteiger partial charge in [-0.2, -0.15) is 0 Å². The van der Waals surface area contributed by atoms with Crippen LogP contribution in [-0.4, -0.2) is 36.7 Å². The van der Waals surface area contributed by atoms with Crippen molar-refractivity contribution in [3.05, 3.63) is 35.6 Å². The fourth-order valence-electron chi connectivity index (χ4n) is 3.48. The van der Waals surface area contributed by atoms with Gasteiger partial charge in [-0.15, -0.1) is 0 Å². The van der Waals surface area contributed by atoms with E-state index in [4.69, 9.17) is 4.74 Å². The molecule has 1 aromatic rings. The van der Waals surface area contributed by atoms with Crippen LogP contribution in [0.5, 0.6) is 0 Å². The zero-order valence-corrected chi connectivity index (χ0v) is 13.4. The van der Waals surface area contributed by atoms with Gasteiger partial charge in [0.15, 0.2) is 0 Å². The Bertz CT molecular complexity index is 598. The van der Waals surface area contributed by atoms with Crippen LogP contribution in [0.2, 0.25) is 0 Å². The first-order chi connectivity index (χ1) is 11.6. The second-order valence-corrected chi connectivity index (χ2v) is 6.64. The van der Waals surface area contributed by atoms with Crippen LogP contribution in [0.3, 0.4) is 0 Å². The van der Waals surface area contributed by atoms with Gasteiger partial charge in [-0.05, 0) is 48.8 Å². The molecule has 2 N–H and O–H groups in total. The van der Waals surface area contributed by atoms with Crippen molar-refractivity contribution in [2.24, 2.45) is 17.8 Å². The number of ether oxygens (including phenoxy) is 1. The molecule has 1 heterocycles. The first kappa shape index (κ1) is 16.9. The number of aliphatic carboxylic acids is 1. The number of benzene rings is 1. The van der Waals surface area contributed by atoms with Gasteiger partial charge >= 0.3 is 5.97 Å². The maximum absolute atomic E-state index is 12.9. The Morgan fingerprint density at radius 1 is 1.25 bits per heavy atom. The molecule has 0 bridgehead atoms. The zero-order chi connectivity index (χ0) is 17.1. The van der Waals surface area contributed by atoms with Gasteiger partial charge < -0.3 is 15.2 Å². The van der Waals surface area contributed by atoms with Gasteiger partial charge in [0.1, 0.15) is 5.82 Å². The molecule has 3 atom stereocenters. The van der Waals surface area contributed by atoms with E-state index < -0.39 is 11.9 Å². The molecule has 3 rings (SSSR count). The van der Waals surface area contributed by atoms with E-state index in [0.717, 1.165) is 12.0 Å². The van der Waals surface area contributed by atoms with Crippen molar-refractivity contribution >= 4 is 11.9 Å². The van der Waals surface area contributed by atoms with E-state index in [1.54, 1.807) is 12.1 Å². The first-order valence-electron chi connectivity index (χ1n) is 8.40. The van der Waals surface area contributed by atoms with Crippen molar-refractivity contribution in [2.75, 3.05) is 19.8 Å². The number of carbonyl (C=O) groups excluding carboxylic acids is 1. The Balaban J connectivity index is 1.51. The van der Waals surface area contributed by atoms with Gasteiger partial charge in [-0.3, -0.25) is 9.59 Å². The van der Waals surface area contributed by atoms with Gasteiger partial charge in [-0.1, -0.05) is 12.1 Å². The fourth-order valence-corrected chi connectivity index (χ4v) is 3.48. The summed E-state index contributed by atoms with van der Waals surface area (Å²) in [6, 6.07) is 6.20. The van der Waals surface area contributed by atoms with Gasteiger partial charge in [-0.25, -0.2) is 4.39 Å². The minimum absolute atomic E-state index is 0.0450. The number of carbonyl (C=O) groups is 2. The number of nitrogens with one attached hydrogen (secondary N) is 1. The standard InChI is InChI=1S/C18H22FNO4/c19-13-3-1-11(2-4-13)14-9-15(14)17(21)20-10-16(18(22)23)12-5-7-24-8-6-12/h1-4,12,14-16H,5-10H2,(H,20,21)(H,22,23). The Labute approximate surface area is 140 Å². The molecule has 0 spiro atoms. The van der Waals surface area contributed by atoms with Crippen LogP contribution in [0, 0.1) is 23.6 Å². The summed E-state index contributed by atoms with van der Waals surface area (Å²) < 4.78 is 18.2. The van der Waals surface area contributed by atoms with Crippen molar-refractivity contribution in [1.29, 1.82) is 0 Å². The zero-order valence-electron chi connectivity index (χ0n) is 13.4. The van der Waals surface area contributed by atoms with Crippen molar-refractivity contribution in [2.45, 2.75) is 25.2 Å². The van der Waals surface area contributed by atoms with Gasteiger partial charge in [0.2, 0.25) is 5.91 Å². The maximum Gasteiger partial charge on any atom is 0.308 e. The minimum Gasteiger partial charge on any atom is -0.481 e. The summed E-state index contributed by atoms with van der Waals surface area (Å²) >= 11 is 0. The summed E-state index contributed by atoms with van der Waals surface area (Å²) in [6.07, 6.45) is 2.16. The molecule has 2 fully saturated rings. The van der Waals surface area contributed by atoms with Crippen LogP contribution in [0.25, 0.3) is 0 Å².